The van der Waals surface area contributed by atoms with Gasteiger partial charge < -0.3 is 20.1 Å². The van der Waals surface area contributed by atoms with Gasteiger partial charge in [-0.3, -0.25) is 19.9 Å². The molecule has 11 nitrogen and oxygen atoms in total. The van der Waals surface area contributed by atoms with Gasteiger partial charge in [-0.15, -0.1) is 0 Å². The first-order valence-corrected chi connectivity index (χ1v) is 11.4. The molecule has 0 spiro atoms. The number of nitrogen functional groups attached to an aromatic ring is 1. The molecule has 196 valence electrons. The number of ether oxygens (including phenoxy) is 2. The molecule has 0 bridgehead atoms. The number of ketones is 1. The van der Waals surface area contributed by atoms with Gasteiger partial charge in [0.1, 0.15) is 5.69 Å². The van der Waals surface area contributed by atoms with Crippen molar-refractivity contribution in [3.63, 3.8) is 0 Å². The molecule has 0 saturated carbocycles. The van der Waals surface area contributed by atoms with Gasteiger partial charge in [-0.1, -0.05) is 13.0 Å². The van der Waals surface area contributed by atoms with Crippen molar-refractivity contribution in [3.8, 4) is 6.01 Å². The van der Waals surface area contributed by atoms with Crippen molar-refractivity contribution in [1.29, 1.82) is 0 Å². The van der Waals surface area contributed by atoms with E-state index in [-0.39, 0.29) is 55.2 Å². The van der Waals surface area contributed by atoms with Crippen molar-refractivity contribution < 1.29 is 32.4 Å². The molecule has 0 aromatic carbocycles. The molecule has 1 aliphatic heterocycles. The van der Waals surface area contributed by atoms with Crippen LogP contribution in [0, 0.1) is 16.0 Å². The number of carbonyl (C=O) groups excluding carboxylic acids is 1. The van der Waals surface area contributed by atoms with Crippen molar-refractivity contribution in [2.75, 3.05) is 37.0 Å². The van der Waals surface area contributed by atoms with E-state index in [0.29, 0.717) is 19.6 Å². The van der Waals surface area contributed by atoms with Crippen LogP contribution >= 0.6 is 0 Å². The second-order valence-electron chi connectivity index (χ2n) is 8.38. The number of nitro groups is 1. The molecule has 3 heterocycles. The number of alkyl halides is 3. The van der Waals surface area contributed by atoms with Crippen LogP contribution in [0.2, 0.25) is 0 Å². The molecule has 2 aromatic rings. The number of Topliss-reactive ketones (excluding diaryl/α,β-unsaturated/α-hetero) is 1. The number of hydrogen-bond acceptors (Lipinski definition) is 10. The molecule has 14 heteroatoms. The first-order chi connectivity index (χ1) is 17.1. The van der Waals surface area contributed by atoms with Gasteiger partial charge in [0.05, 0.1) is 18.1 Å². The summed E-state index contributed by atoms with van der Waals surface area (Å²) < 4.78 is 49.7. The van der Waals surface area contributed by atoms with Crippen molar-refractivity contribution in [3.05, 3.63) is 39.7 Å². The Kier molecular flexibility index (Phi) is 8.96. The molecule has 1 saturated heterocycles. The van der Waals surface area contributed by atoms with E-state index in [1.54, 1.807) is 6.92 Å². The number of nitrogens with zero attached hydrogens (tertiary/aromatic N) is 5. The van der Waals surface area contributed by atoms with Gasteiger partial charge >= 0.3 is 17.9 Å². The number of halogens is 3. The lowest BCUT2D eigenvalue weighted by Gasteiger charge is -2.24. The standard InChI is InChI=1S/C22H27F3N6O5/c1-2-3-16(32)12-30(11-15-4-5-17(27-10-15)22(23,24)25)20-18(31(33)34)19(26)28-21(29-20)36-13-14-6-8-35-9-7-14/h4-5,10,14H,2-3,6-9,11-13H2,1H3,(H2,26,28,29). The second-order valence-corrected chi connectivity index (χ2v) is 8.38. The zero-order valence-electron chi connectivity index (χ0n) is 19.7. The molecule has 1 fully saturated rings. The minimum Gasteiger partial charge on any atom is -0.463 e. The van der Waals surface area contributed by atoms with E-state index >= 15 is 0 Å². The Hall–Kier alpha value is -3.55. The summed E-state index contributed by atoms with van der Waals surface area (Å²) >= 11 is 0. The fourth-order valence-electron chi connectivity index (χ4n) is 3.69. The highest BCUT2D eigenvalue weighted by molar-refractivity contribution is 5.84. The molecular weight excluding hydrogens is 485 g/mol. The fraction of sp³-hybridized carbons (Fsp3) is 0.545. The lowest BCUT2D eigenvalue weighted by Crippen LogP contribution is -2.31. The van der Waals surface area contributed by atoms with Gasteiger partial charge in [-0.05, 0) is 36.8 Å². The summed E-state index contributed by atoms with van der Waals surface area (Å²) in [6.45, 7) is 2.77. The number of hydrogen-bond donors (Lipinski definition) is 1. The number of pyridine rings is 1. The summed E-state index contributed by atoms with van der Waals surface area (Å²) in [5.41, 5.74) is 4.45. The third-order valence-corrected chi connectivity index (χ3v) is 5.53. The maximum Gasteiger partial charge on any atom is 0.433 e. The van der Waals surface area contributed by atoms with Crippen LogP contribution in [0.3, 0.4) is 0 Å². The number of aromatic nitrogens is 3. The first kappa shape index (κ1) is 27.0. The Balaban J connectivity index is 1.94. The minimum atomic E-state index is -4.62. The number of carbonyl (C=O) groups is 1. The molecule has 0 amide bonds. The van der Waals surface area contributed by atoms with Crippen molar-refractivity contribution in [2.24, 2.45) is 5.92 Å². The Bertz CT molecular complexity index is 1060. The predicted molar refractivity (Wildman–Crippen MR) is 122 cm³/mol. The van der Waals surface area contributed by atoms with Gasteiger partial charge in [0.25, 0.3) is 0 Å². The maximum atomic E-state index is 12.9. The van der Waals surface area contributed by atoms with Crippen molar-refractivity contribution in [2.45, 2.75) is 45.3 Å². The monoisotopic (exact) mass is 512 g/mol. The predicted octanol–water partition coefficient (Wildman–Crippen LogP) is 3.56. The van der Waals surface area contributed by atoms with Crippen LogP contribution < -0.4 is 15.4 Å². The van der Waals surface area contributed by atoms with E-state index in [2.05, 4.69) is 15.0 Å². The van der Waals surface area contributed by atoms with E-state index in [4.69, 9.17) is 15.2 Å². The SMILES string of the molecule is CCCC(=O)CN(Cc1ccc(C(F)(F)F)nc1)c1nc(OCC2CCOCC2)nc(N)c1[N+](=O)[O-]. The molecule has 36 heavy (non-hydrogen) atoms. The van der Waals surface area contributed by atoms with Crippen LogP contribution in [0.15, 0.2) is 18.3 Å². The average Bonchev–Trinajstić information content (AvgIpc) is 2.82. The number of anilines is 2. The topological polar surface area (TPSA) is 147 Å². The fourth-order valence-corrected chi connectivity index (χ4v) is 3.69. The lowest BCUT2D eigenvalue weighted by molar-refractivity contribution is -0.383. The molecule has 0 aliphatic carbocycles. The summed E-state index contributed by atoms with van der Waals surface area (Å²) in [7, 11) is 0. The van der Waals surface area contributed by atoms with Gasteiger partial charge in [-0.25, -0.2) is 0 Å². The number of nitrogens with two attached hydrogens (primary N) is 1. The van der Waals surface area contributed by atoms with E-state index in [1.807, 2.05) is 0 Å². The highest BCUT2D eigenvalue weighted by Crippen LogP contribution is 2.34. The molecule has 2 aromatic heterocycles. The third kappa shape index (κ3) is 7.23. The largest absolute Gasteiger partial charge is 0.463 e. The smallest absolute Gasteiger partial charge is 0.433 e. The summed E-state index contributed by atoms with van der Waals surface area (Å²) in [4.78, 5) is 36.3. The van der Waals surface area contributed by atoms with Gasteiger partial charge in [-0.2, -0.15) is 23.1 Å². The normalized spacial score (nSPS) is 14.4. The summed E-state index contributed by atoms with van der Waals surface area (Å²) in [6.07, 6.45) is -1.34. The zero-order valence-corrected chi connectivity index (χ0v) is 19.7. The molecule has 3 rings (SSSR count). The highest BCUT2D eigenvalue weighted by atomic mass is 19.4. The molecule has 1 aliphatic rings. The molecule has 0 radical (unpaired) electrons. The zero-order chi connectivity index (χ0) is 26.3. The van der Waals surface area contributed by atoms with E-state index in [9.17, 15) is 28.1 Å². The van der Waals surface area contributed by atoms with Crippen LogP contribution in [0.4, 0.5) is 30.5 Å². The molecule has 2 N–H and O–H groups in total. The Morgan fingerprint density at radius 3 is 2.61 bits per heavy atom. The molecule has 0 unspecified atom stereocenters. The second kappa shape index (κ2) is 11.9. The van der Waals surface area contributed by atoms with Gasteiger partial charge in [0.2, 0.25) is 11.6 Å². The van der Waals surface area contributed by atoms with Gasteiger partial charge in [0, 0.05) is 32.4 Å². The van der Waals surface area contributed by atoms with Crippen LogP contribution in [-0.4, -0.2) is 52.0 Å². The minimum absolute atomic E-state index is 0.183. The van der Waals surface area contributed by atoms with Crippen LogP contribution in [0.5, 0.6) is 6.01 Å². The molecular formula is C22H27F3N6O5. The number of rotatable bonds is 11. The molecule has 0 atom stereocenters. The van der Waals surface area contributed by atoms with Crippen LogP contribution in [-0.2, 0) is 22.3 Å². The Morgan fingerprint density at radius 1 is 1.31 bits per heavy atom. The van der Waals surface area contributed by atoms with E-state index in [1.165, 1.54) is 11.0 Å². The lowest BCUT2D eigenvalue weighted by atomic mass is 10.0. The Labute approximate surface area is 205 Å². The van der Waals surface area contributed by atoms with Crippen molar-refractivity contribution >= 4 is 23.1 Å². The average molecular weight is 512 g/mol. The maximum absolute atomic E-state index is 12.9. The summed E-state index contributed by atoms with van der Waals surface area (Å²) in [5.74, 6) is -0.777. The third-order valence-electron chi connectivity index (χ3n) is 5.53. The van der Waals surface area contributed by atoms with Crippen molar-refractivity contribution in [1.82, 2.24) is 15.0 Å². The Morgan fingerprint density at radius 2 is 2.03 bits per heavy atom. The van der Waals surface area contributed by atoms with E-state index < -0.39 is 28.3 Å². The van der Waals surface area contributed by atoms with Gasteiger partial charge in [0.15, 0.2) is 5.78 Å². The quantitative estimate of drug-likeness (QED) is 0.350. The van der Waals surface area contributed by atoms with Crippen LogP contribution in [0.25, 0.3) is 0 Å². The summed E-state index contributed by atoms with van der Waals surface area (Å²) in [6, 6.07) is 1.79. The summed E-state index contributed by atoms with van der Waals surface area (Å²) in [5, 5.41) is 11.8. The first-order valence-electron chi connectivity index (χ1n) is 11.4. The van der Waals surface area contributed by atoms with E-state index in [0.717, 1.165) is 25.1 Å². The highest BCUT2D eigenvalue weighted by Gasteiger charge is 2.33. The van der Waals surface area contributed by atoms with Crippen LogP contribution in [0.1, 0.15) is 43.9 Å².